The third kappa shape index (κ3) is 2.49. The summed E-state index contributed by atoms with van der Waals surface area (Å²) in [7, 11) is 0. The van der Waals surface area contributed by atoms with Crippen LogP contribution in [0.1, 0.15) is 10.5 Å². The van der Waals surface area contributed by atoms with Gasteiger partial charge in [-0.1, -0.05) is 0 Å². The Hall–Kier alpha value is -1.07. The van der Waals surface area contributed by atoms with Gasteiger partial charge in [-0.15, -0.1) is 11.6 Å². The number of carbonyl (C=O) groups is 1. The molecule has 0 aromatic carbocycles. The normalized spacial score (nSPS) is 22.5. The molecule has 82 valence electrons. The van der Waals surface area contributed by atoms with E-state index < -0.39 is 0 Å². The number of aromatic nitrogens is 2. The molecule has 5 nitrogen and oxygen atoms in total. The molecule has 1 aliphatic rings. The molecule has 1 N–H and O–H groups in total. The highest BCUT2D eigenvalue weighted by Crippen LogP contribution is 2.09. The quantitative estimate of drug-likeness (QED) is 0.713. The van der Waals surface area contributed by atoms with Gasteiger partial charge in [0.25, 0.3) is 5.91 Å². The largest absolute Gasteiger partial charge is 0.378 e. The van der Waals surface area contributed by atoms with E-state index in [0.717, 1.165) is 0 Å². The first-order valence-corrected chi connectivity index (χ1v) is 5.21. The number of nitrogens with one attached hydrogen (secondary N) is 1. The molecule has 1 aromatic rings. The summed E-state index contributed by atoms with van der Waals surface area (Å²) < 4.78 is 5.25. The van der Waals surface area contributed by atoms with Gasteiger partial charge in [-0.2, -0.15) is 5.10 Å². The molecule has 1 unspecified atom stereocenters. The molecule has 0 saturated carbocycles. The molecule has 6 heteroatoms. The van der Waals surface area contributed by atoms with Crippen molar-refractivity contribution in [2.45, 2.75) is 5.38 Å². The van der Waals surface area contributed by atoms with Gasteiger partial charge >= 0.3 is 0 Å². The van der Waals surface area contributed by atoms with E-state index in [9.17, 15) is 4.79 Å². The maximum Gasteiger partial charge on any atom is 0.271 e. The standard InChI is InChI=1S/C9H12ClN3O2/c10-7-5-13(3-4-15-6-7)9(14)8-1-2-11-12-8/h1-2,7H,3-6H2,(H,11,12). The highest BCUT2D eigenvalue weighted by molar-refractivity contribution is 6.21. The van der Waals surface area contributed by atoms with Crippen LogP contribution in [0.2, 0.25) is 0 Å². The van der Waals surface area contributed by atoms with E-state index in [0.29, 0.717) is 32.0 Å². The van der Waals surface area contributed by atoms with Crippen molar-refractivity contribution >= 4 is 17.5 Å². The molecule has 1 saturated heterocycles. The van der Waals surface area contributed by atoms with E-state index >= 15 is 0 Å². The lowest BCUT2D eigenvalue weighted by Gasteiger charge is -2.19. The fourth-order valence-electron chi connectivity index (χ4n) is 1.50. The van der Waals surface area contributed by atoms with Gasteiger partial charge < -0.3 is 9.64 Å². The lowest BCUT2D eigenvalue weighted by atomic mass is 10.3. The van der Waals surface area contributed by atoms with Crippen LogP contribution in [0.4, 0.5) is 0 Å². The summed E-state index contributed by atoms with van der Waals surface area (Å²) in [6.45, 7) is 2.11. The highest BCUT2D eigenvalue weighted by Gasteiger charge is 2.22. The molecule has 1 amide bonds. The number of halogens is 1. The molecule has 0 aliphatic carbocycles. The van der Waals surface area contributed by atoms with Gasteiger partial charge in [0, 0.05) is 19.3 Å². The van der Waals surface area contributed by atoms with Crippen molar-refractivity contribution in [1.82, 2.24) is 15.1 Å². The molecular formula is C9H12ClN3O2. The molecular weight excluding hydrogens is 218 g/mol. The van der Waals surface area contributed by atoms with Crippen LogP contribution < -0.4 is 0 Å². The van der Waals surface area contributed by atoms with Crippen LogP contribution in [-0.4, -0.2) is 52.7 Å². The van der Waals surface area contributed by atoms with Gasteiger partial charge in [0.15, 0.2) is 0 Å². The summed E-state index contributed by atoms with van der Waals surface area (Å²) in [6.07, 6.45) is 1.56. The second-order valence-corrected chi connectivity index (χ2v) is 4.01. The average Bonchev–Trinajstić information content (AvgIpc) is 2.67. The van der Waals surface area contributed by atoms with Crippen LogP contribution in [0.5, 0.6) is 0 Å². The maximum atomic E-state index is 11.9. The summed E-state index contributed by atoms with van der Waals surface area (Å²) in [6, 6.07) is 1.65. The number of amides is 1. The Labute approximate surface area is 92.4 Å². The third-order valence-corrected chi connectivity index (χ3v) is 2.51. The Kier molecular flexibility index (Phi) is 3.23. The zero-order chi connectivity index (χ0) is 10.7. The van der Waals surface area contributed by atoms with E-state index in [2.05, 4.69) is 10.2 Å². The first kappa shape index (κ1) is 10.4. The topological polar surface area (TPSA) is 58.2 Å². The van der Waals surface area contributed by atoms with Crippen molar-refractivity contribution in [3.05, 3.63) is 18.0 Å². The summed E-state index contributed by atoms with van der Waals surface area (Å²) >= 11 is 5.98. The first-order valence-electron chi connectivity index (χ1n) is 4.78. The minimum Gasteiger partial charge on any atom is -0.378 e. The van der Waals surface area contributed by atoms with Crippen LogP contribution in [0.15, 0.2) is 12.3 Å². The number of nitrogens with zero attached hydrogens (tertiary/aromatic N) is 2. The Morgan fingerprint density at radius 3 is 3.33 bits per heavy atom. The van der Waals surface area contributed by atoms with Gasteiger partial charge in [-0.05, 0) is 6.07 Å². The summed E-state index contributed by atoms with van der Waals surface area (Å²) in [5.74, 6) is -0.0800. The van der Waals surface area contributed by atoms with Crippen molar-refractivity contribution in [1.29, 1.82) is 0 Å². The van der Waals surface area contributed by atoms with E-state index in [-0.39, 0.29) is 11.3 Å². The maximum absolute atomic E-state index is 11.9. The minimum atomic E-state index is -0.139. The van der Waals surface area contributed by atoms with Crippen molar-refractivity contribution in [3.8, 4) is 0 Å². The molecule has 1 aliphatic heterocycles. The van der Waals surface area contributed by atoms with Crippen molar-refractivity contribution < 1.29 is 9.53 Å². The van der Waals surface area contributed by atoms with Crippen molar-refractivity contribution in [3.63, 3.8) is 0 Å². The fraction of sp³-hybridized carbons (Fsp3) is 0.556. The monoisotopic (exact) mass is 229 g/mol. The molecule has 0 bridgehead atoms. The molecule has 15 heavy (non-hydrogen) atoms. The van der Waals surface area contributed by atoms with Gasteiger partial charge in [-0.25, -0.2) is 0 Å². The predicted molar refractivity (Wildman–Crippen MR) is 55.0 cm³/mol. The second-order valence-electron chi connectivity index (χ2n) is 3.39. The smallest absolute Gasteiger partial charge is 0.271 e. The van der Waals surface area contributed by atoms with Gasteiger partial charge in [0.2, 0.25) is 0 Å². The molecule has 0 radical (unpaired) electrons. The first-order chi connectivity index (χ1) is 7.27. The SMILES string of the molecule is O=C(c1ccn[nH]1)N1CCOCC(Cl)C1. The molecule has 2 rings (SSSR count). The number of hydrogen-bond donors (Lipinski definition) is 1. The van der Waals surface area contributed by atoms with Gasteiger partial charge in [0.05, 0.1) is 18.6 Å². The molecule has 2 heterocycles. The number of aromatic amines is 1. The lowest BCUT2D eigenvalue weighted by molar-refractivity contribution is 0.0735. The zero-order valence-corrected chi connectivity index (χ0v) is 8.91. The summed E-state index contributed by atoms with van der Waals surface area (Å²) in [5, 5.41) is 6.25. The molecule has 1 aromatic heterocycles. The van der Waals surface area contributed by atoms with Crippen LogP contribution >= 0.6 is 11.6 Å². The third-order valence-electron chi connectivity index (χ3n) is 2.24. The molecule has 1 fully saturated rings. The Morgan fingerprint density at radius 1 is 1.73 bits per heavy atom. The van der Waals surface area contributed by atoms with Gasteiger partial charge in [0.1, 0.15) is 5.69 Å². The van der Waals surface area contributed by atoms with E-state index in [1.807, 2.05) is 0 Å². The Morgan fingerprint density at radius 2 is 2.60 bits per heavy atom. The van der Waals surface area contributed by atoms with E-state index in [1.54, 1.807) is 17.2 Å². The van der Waals surface area contributed by atoms with Crippen molar-refractivity contribution in [2.24, 2.45) is 0 Å². The van der Waals surface area contributed by atoms with E-state index in [4.69, 9.17) is 16.3 Å². The summed E-state index contributed by atoms with van der Waals surface area (Å²) in [5.41, 5.74) is 0.487. The highest BCUT2D eigenvalue weighted by atomic mass is 35.5. The van der Waals surface area contributed by atoms with E-state index in [1.165, 1.54) is 0 Å². The fourth-order valence-corrected chi connectivity index (χ4v) is 1.75. The lowest BCUT2D eigenvalue weighted by Crippen LogP contribution is -2.36. The number of ether oxygens (including phenoxy) is 1. The number of rotatable bonds is 1. The second kappa shape index (κ2) is 4.63. The minimum absolute atomic E-state index is 0.0800. The Balaban J connectivity index is 2.06. The number of alkyl halides is 1. The number of hydrogen-bond acceptors (Lipinski definition) is 3. The summed E-state index contributed by atoms with van der Waals surface area (Å²) in [4.78, 5) is 13.6. The van der Waals surface area contributed by atoms with Gasteiger partial charge in [-0.3, -0.25) is 9.89 Å². The number of H-pyrrole nitrogens is 1. The molecule has 0 spiro atoms. The van der Waals surface area contributed by atoms with Crippen LogP contribution in [-0.2, 0) is 4.74 Å². The average molecular weight is 230 g/mol. The molecule has 1 atom stereocenters. The van der Waals surface area contributed by atoms with Crippen LogP contribution in [0.3, 0.4) is 0 Å². The van der Waals surface area contributed by atoms with Crippen LogP contribution in [0.25, 0.3) is 0 Å². The van der Waals surface area contributed by atoms with Crippen molar-refractivity contribution in [2.75, 3.05) is 26.3 Å². The zero-order valence-electron chi connectivity index (χ0n) is 8.15. The predicted octanol–water partition coefficient (Wildman–Crippen LogP) is 0.489. The van der Waals surface area contributed by atoms with Crippen LogP contribution in [0, 0.1) is 0 Å². The number of carbonyl (C=O) groups excluding carboxylic acids is 1. The Bertz CT molecular complexity index is 328.